The second-order valence-electron chi connectivity index (χ2n) is 2.02. The van der Waals surface area contributed by atoms with Gasteiger partial charge in [-0.2, -0.15) is 0 Å². The number of anilines is 1. The monoisotopic (exact) mass is 149 g/mol. The van der Waals surface area contributed by atoms with Crippen LogP contribution < -0.4 is 5.32 Å². The second kappa shape index (κ2) is 4.44. The number of nitrogens with one attached hydrogen (secondary N) is 1. The van der Waals surface area contributed by atoms with Crippen LogP contribution in [-0.4, -0.2) is 16.5 Å². The highest BCUT2D eigenvalue weighted by Gasteiger charge is 1.86. The molecule has 3 nitrogen and oxygen atoms in total. The van der Waals surface area contributed by atoms with Gasteiger partial charge in [0.15, 0.2) is 0 Å². The Morgan fingerprint density at radius 3 is 2.82 bits per heavy atom. The van der Waals surface area contributed by atoms with E-state index in [0.717, 1.165) is 6.54 Å². The Morgan fingerprint density at radius 1 is 1.45 bits per heavy atom. The van der Waals surface area contributed by atoms with Crippen LogP contribution in [0, 0.1) is 0 Å². The predicted octanol–water partition coefficient (Wildman–Crippen LogP) is 1.46. The van der Waals surface area contributed by atoms with Crippen molar-refractivity contribution in [3.05, 3.63) is 30.6 Å². The van der Waals surface area contributed by atoms with Crippen molar-refractivity contribution in [3.8, 4) is 0 Å². The predicted molar refractivity (Wildman–Crippen MR) is 45.3 cm³/mol. The molecule has 0 aliphatic carbocycles. The van der Waals surface area contributed by atoms with Gasteiger partial charge in [0, 0.05) is 18.9 Å². The van der Waals surface area contributed by atoms with Crippen molar-refractivity contribution in [2.75, 3.05) is 11.9 Å². The first kappa shape index (κ1) is 7.72. The molecule has 1 aromatic heterocycles. The number of rotatable bonds is 3. The standard InChI is InChI=1S/C8H11N3/c1-2-3-5-9-8-10-6-4-7-11-8/h2-4,6-7H,5H2,1H3,(H,9,10,11)/b3-2-. The molecular weight excluding hydrogens is 138 g/mol. The molecule has 1 N–H and O–H groups in total. The van der Waals surface area contributed by atoms with Crippen LogP contribution in [0.1, 0.15) is 6.92 Å². The third-order valence-corrected chi connectivity index (χ3v) is 1.18. The zero-order chi connectivity index (χ0) is 7.94. The lowest BCUT2D eigenvalue weighted by Gasteiger charge is -1.97. The van der Waals surface area contributed by atoms with Crippen LogP contribution in [0.5, 0.6) is 0 Å². The average Bonchev–Trinajstić information content (AvgIpc) is 2.07. The quantitative estimate of drug-likeness (QED) is 0.661. The highest BCUT2D eigenvalue weighted by molar-refractivity contribution is 5.23. The van der Waals surface area contributed by atoms with Crippen molar-refractivity contribution in [2.24, 2.45) is 0 Å². The summed E-state index contributed by atoms with van der Waals surface area (Å²) in [5.74, 6) is 0.672. The molecule has 0 unspecified atom stereocenters. The zero-order valence-corrected chi connectivity index (χ0v) is 6.49. The van der Waals surface area contributed by atoms with Gasteiger partial charge in [0.05, 0.1) is 0 Å². The van der Waals surface area contributed by atoms with Gasteiger partial charge in [-0.3, -0.25) is 0 Å². The van der Waals surface area contributed by atoms with Crippen molar-refractivity contribution in [1.82, 2.24) is 9.97 Å². The molecule has 0 radical (unpaired) electrons. The molecule has 0 aromatic carbocycles. The van der Waals surface area contributed by atoms with Gasteiger partial charge in [-0.15, -0.1) is 0 Å². The lowest BCUT2D eigenvalue weighted by Crippen LogP contribution is -2.01. The van der Waals surface area contributed by atoms with E-state index in [-0.39, 0.29) is 0 Å². The number of allylic oxidation sites excluding steroid dienone is 1. The van der Waals surface area contributed by atoms with E-state index in [4.69, 9.17) is 0 Å². The van der Waals surface area contributed by atoms with E-state index in [9.17, 15) is 0 Å². The Bertz CT molecular complexity index is 218. The SMILES string of the molecule is C/C=C\CNc1ncccn1. The van der Waals surface area contributed by atoms with Crippen molar-refractivity contribution in [2.45, 2.75) is 6.92 Å². The summed E-state index contributed by atoms with van der Waals surface area (Å²) in [6.07, 6.45) is 7.42. The minimum Gasteiger partial charge on any atom is -0.351 e. The van der Waals surface area contributed by atoms with E-state index in [2.05, 4.69) is 15.3 Å². The molecule has 0 aliphatic heterocycles. The zero-order valence-electron chi connectivity index (χ0n) is 6.49. The molecule has 0 aliphatic rings. The number of hydrogen-bond acceptors (Lipinski definition) is 3. The molecule has 3 heteroatoms. The highest BCUT2D eigenvalue weighted by Crippen LogP contribution is 1.91. The maximum absolute atomic E-state index is 3.99. The normalized spacial score (nSPS) is 10.3. The summed E-state index contributed by atoms with van der Waals surface area (Å²) in [5, 5.41) is 3.04. The van der Waals surface area contributed by atoms with Crippen LogP contribution in [0.25, 0.3) is 0 Å². The second-order valence-corrected chi connectivity index (χ2v) is 2.02. The molecule has 0 fully saturated rings. The van der Waals surface area contributed by atoms with Gasteiger partial charge in [-0.25, -0.2) is 9.97 Å². The molecule has 0 saturated heterocycles. The largest absolute Gasteiger partial charge is 0.351 e. The Labute approximate surface area is 66.2 Å². The minimum atomic E-state index is 0.672. The fraction of sp³-hybridized carbons (Fsp3) is 0.250. The smallest absolute Gasteiger partial charge is 0.222 e. The summed E-state index contributed by atoms with van der Waals surface area (Å²) in [7, 11) is 0. The van der Waals surface area contributed by atoms with Gasteiger partial charge in [0.25, 0.3) is 0 Å². The molecule has 1 rings (SSSR count). The molecule has 58 valence electrons. The summed E-state index contributed by atoms with van der Waals surface area (Å²) in [4.78, 5) is 7.99. The first-order valence-electron chi connectivity index (χ1n) is 3.55. The van der Waals surface area contributed by atoms with Crippen LogP contribution in [0.15, 0.2) is 30.6 Å². The van der Waals surface area contributed by atoms with Crippen LogP contribution in [0.3, 0.4) is 0 Å². The molecule has 1 heterocycles. The van der Waals surface area contributed by atoms with E-state index in [1.54, 1.807) is 18.5 Å². The summed E-state index contributed by atoms with van der Waals surface area (Å²) < 4.78 is 0. The van der Waals surface area contributed by atoms with E-state index in [0.29, 0.717) is 5.95 Å². The lowest BCUT2D eigenvalue weighted by molar-refractivity contribution is 1.12. The molecule has 0 bridgehead atoms. The molecule has 1 aromatic rings. The number of nitrogens with zero attached hydrogens (tertiary/aromatic N) is 2. The minimum absolute atomic E-state index is 0.672. The molecule has 0 spiro atoms. The molecule has 0 saturated carbocycles. The fourth-order valence-corrected chi connectivity index (χ4v) is 0.658. The molecule has 0 atom stereocenters. The van der Waals surface area contributed by atoms with Gasteiger partial charge < -0.3 is 5.32 Å². The molecule has 0 amide bonds. The van der Waals surface area contributed by atoms with Gasteiger partial charge in [-0.1, -0.05) is 12.2 Å². The Balaban J connectivity index is 2.39. The number of aromatic nitrogens is 2. The summed E-state index contributed by atoms with van der Waals surface area (Å²) in [6.45, 7) is 2.76. The van der Waals surface area contributed by atoms with Gasteiger partial charge in [0.1, 0.15) is 0 Å². The maximum atomic E-state index is 3.99. The van der Waals surface area contributed by atoms with Crippen LogP contribution in [0.2, 0.25) is 0 Å². The summed E-state index contributed by atoms with van der Waals surface area (Å²) >= 11 is 0. The molecular formula is C8H11N3. The first-order valence-corrected chi connectivity index (χ1v) is 3.55. The van der Waals surface area contributed by atoms with Crippen LogP contribution in [-0.2, 0) is 0 Å². The Hall–Kier alpha value is -1.38. The van der Waals surface area contributed by atoms with Gasteiger partial charge >= 0.3 is 0 Å². The van der Waals surface area contributed by atoms with Crippen molar-refractivity contribution in [3.63, 3.8) is 0 Å². The highest BCUT2D eigenvalue weighted by atomic mass is 15.1. The fourth-order valence-electron chi connectivity index (χ4n) is 0.658. The third kappa shape index (κ3) is 2.80. The van der Waals surface area contributed by atoms with Gasteiger partial charge in [0.2, 0.25) is 5.95 Å². The maximum Gasteiger partial charge on any atom is 0.222 e. The van der Waals surface area contributed by atoms with E-state index in [1.807, 2.05) is 19.1 Å². The van der Waals surface area contributed by atoms with Crippen LogP contribution in [0.4, 0.5) is 5.95 Å². The van der Waals surface area contributed by atoms with E-state index < -0.39 is 0 Å². The van der Waals surface area contributed by atoms with Crippen molar-refractivity contribution >= 4 is 5.95 Å². The van der Waals surface area contributed by atoms with Crippen LogP contribution >= 0.6 is 0 Å². The van der Waals surface area contributed by atoms with E-state index >= 15 is 0 Å². The lowest BCUT2D eigenvalue weighted by atomic mass is 10.5. The van der Waals surface area contributed by atoms with Gasteiger partial charge in [-0.05, 0) is 13.0 Å². The average molecular weight is 149 g/mol. The first-order chi connectivity index (χ1) is 5.43. The van der Waals surface area contributed by atoms with Crippen molar-refractivity contribution < 1.29 is 0 Å². The summed E-state index contributed by atoms with van der Waals surface area (Å²) in [6, 6.07) is 1.79. The van der Waals surface area contributed by atoms with Crippen molar-refractivity contribution in [1.29, 1.82) is 0 Å². The Kier molecular flexibility index (Phi) is 3.12. The topological polar surface area (TPSA) is 37.8 Å². The molecule has 11 heavy (non-hydrogen) atoms. The summed E-state index contributed by atoms with van der Waals surface area (Å²) in [5.41, 5.74) is 0. The van der Waals surface area contributed by atoms with E-state index in [1.165, 1.54) is 0 Å². The Morgan fingerprint density at radius 2 is 2.18 bits per heavy atom. The number of hydrogen-bond donors (Lipinski definition) is 1. The third-order valence-electron chi connectivity index (χ3n) is 1.18.